The van der Waals surface area contributed by atoms with Gasteiger partial charge < -0.3 is 5.11 Å². The van der Waals surface area contributed by atoms with E-state index in [0.29, 0.717) is 10.6 Å². The number of aryl methyl sites for hydroxylation is 1. The van der Waals surface area contributed by atoms with Gasteiger partial charge in [-0.3, -0.25) is 9.52 Å². The van der Waals surface area contributed by atoms with E-state index in [0.717, 1.165) is 21.4 Å². The molecule has 0 aliphatic carbocycles. The smallest absolute Gasteiger partial charge is 0.308 e. The Balaban J connectivity index is 2.25. The van der Waals surface area contributed by atoms with E-state index >= 15 is 0 Å². The Kier molecular flexibility index (Phi) is 4.70. The first-order valence-electron chi connectivity index (χ1n) is 5.87. The summed E-state index contributed by atoms with van der Waals surface area (Å²) in [5.41, 5.74) is 1.37. The first-order chi connectivity index (χ1) is 9.76. The summed E-state index contributed by atoms with van der Waals surface area (Å²) >= 11 is 4.26. The lowest BCUT2D eigenvalue weighted by Gasteiger charge is -2.07. The van der Waals surface area contributed by atoms with Crippen LogP contribution >= 0.6 is 27.3 Å². The van der Waals surface area contributed by atoms with Crippen LogP contribution in [0.3, 0.4) is 0 Å². The topological polar surface area (TPSA) is 83.5 Å². The summed E-state index contributed by atoms with van der Waals surface area (Å²) in [5, 5.41) is 8.71. The SMILES string of the molecule is Cc1cc(Br)cc(NS(=O)(=O)c2ccc(CC(=O)O)s2)c1. The fourth-order valence-corrected chi connectivity index (χ4v) is 4.74. The van der Waals surface area contributed by atoms with Crippen LogP contribution in [0.2, 0.25) is 0 Å². The van der Waals surface area contributed by atoms with E-state index < -0.39 is 16.0 Å². The molecule has 0 fully saturated rings. The number of sulfonamides is 1. The maximum absolute atomic E-state index is 12.3. The average molecular weight is 390 g/mol. The van der Waals surface area contributed by atoms with Gasteiger partial charge in [-0.2, -0.15) is 0 Å². The lowest BCUT2D eigenvalue weighted by atomic mass is 10.2. The Hall–Kier alpha value is -1.38. The van der Waals surface area contributed by atoms with E-state index in [9.17, 15) is 13.2 Å². The van der Waals surface area contributed by atoms with Crippen LogP contribution in [0.4, 0.5) is 5.69 Å². The lowest BCUT2D eigenvalue weighted by molar-refractivity contribution is -0.136. The number of rotatable bonds is 5. The molecule has 0 aliphatic rings. The van der Waals surface area contributed by atoms with Crippen molar-refractivity contribution < 1.29 is 18.3 Å². The summed E-state index contributed by atoms with van der Waals surface area (Å²) in [5.74, 6) is -0.989. The third-order valence-corrected chi connectivity index (χ3v) is 5.94. The number of carbonyl (C=O) groups is 1. The standard InChI is InChI=1S/C13H12BrNO4S2/c1-8-4-9(14)6-10(5-8)15-21(18,19)13-3-2-11(20-13)7-12(16)17/h2-6,15H,7H2,1H3,(H,16,17). The van der Waals surface area contributed by atoms with E-state index in [-0.39, 0.29) is 10.6 Å². The van der Waals surface area contributed by atoms with E-state index in [1.807, 2.05) is 13.0 Å². The second-order valence-corrected chi connectivity index (χ2v) is 8.41. The highest BCUT2D eigenvalue weighted by Crippen LogP contribution is 2.26. The van der Waals surface area contributed by atoms with Gasteiger partial charge in [-0.1, -0.05) is 15.9 Å². The van der Waals surface area contributed by atoms with Gasteiger partial charge in [-0.25, -0.2) is 8.42 Å². The predicted molar refractivity (Wildman–Crippen MR) is 85.3 cm³/mol. The molecule has 5 nitrogen and oxygen atoms in total. The molecule has 0 spiro atoms. The summed E-state index contributed by atoms with van der Waals surface area (Å²) in [6.07, 6.45) is -0.184. The summed E-state index contributed by atoms with van der Waals surface area (Å²) < 4.78 is 27.9. The van der Waals surface area contributed by atoms with Crippen molar-refractivity contribution in [3.8, 4) is 0 Å². The molecule has 8 heteroatoms. The molecule has 0 saturated carbocycles. The van der Waals surface area contributed by atoms with E-state index in [2.05, 4.69) is 20.7 Å². The van der Waals surface area contributed by atoms with Crippen molar-refractivity contribution in [2.45, 2.75) is 17.6 Å². The Bertz CT molecular complexity index is 763. The zero-order valence-electron chi connectivity index (χ0n) is 11.0. The normalized spacial score (nSPS) is 11.3. The van der Waals surface area contributed by atoms with Crippen molar-refractivity contribution in [3.63, 3.8) is 0 Å². The van der Waals surface area contributed by atoms with E-state index in [4.69, 9.17) is 5.11 Å². The van der Waals surface area contributed by atoms with Gasteiger partial charge in [0.15, 0.2) is 0 Å². The van der Waals surface area contributed by atoms with E-state index in [1.165, 1.54) is 12.1 Å². The van der Waals surface area contributed by atoms with Crippen LogP contribution in [0, 0.1) is 6.92 Å². The molecule has 2 N–H and O–H groups in total. The maximum Gasteiger partial charge on any atom is 0.308 e. The number of thiophene rings is 1. The molecular formula is C13H12BrNO4S2. The molecular weight excluding hydrogens is 378 g/mol. The molecule has 1 aromatic carbocycles. The van der Waals surface area contributed by atoms with Gasteiger partial charge >= 0.3 is 5.97 Å². The van der Waals surface area contributed by atoms with Gasteiger partial charge in [0, 0.05) is 9.35 Å². The van der Waals surface area contributed by atoms with Gasteiger partial charge in [0.05, 0.1) is 12.1 Å². The van der Waals surface area contributed by atoms with Crippen molar-refractivity contribution in [2.75, 3.05) is 4.72 Å². The Morgan fingerprint density at radius 3 is 2.67 bits per heavy atom. The van der Waals surface area contributed by atoms with Crippen LogP contribution < -0.4 is 4.72 Å². The van der Waals surface area contributed by atoms with Gasteiger partial charge in [-0.15, -0.1) is 11.3 Å². The number of aliphatic carboxylic acids is 1. The number of benzene rings is 1. The molecule has 2 aromatic rings. The van der Waals surface area contributed by atoms with Crippen LogP contribution in [0.1, 0.15) is 10.4 Å². The van der Waals surface area contributed by atoms with Crippen molar-refractivity contribution in [3.05, 3.63) is 45.2 Å². The number of carboxylic acids is 1. The van der Waals surface area contributed by atoms with Crippen LogP contribution in [-0.4, -0.2) is 19.5 Å². The van der Waals surface area contributed by atoms with Gasteiger partial charge in [0.1, 0.15) is 4.21 Å². The van der Waals surface area contributed by atoms with Crippen LogP contribution in [0.5, 0.6) is 0 Å². The molecule has 0 radical (unpaired) electrons. The Morgan fingerprint density at radius 2 is 2.05 bits per heavy atom. The zero-order chi connectivity index (χ0) is 15.6. The lowest BCUT2D eigenvalue weighted by Crippen LogP contribution is -2.11. The number of hydrogen-bond donors (Lipinski definition) is 2. The van der Waals surface area contributed by atoms with Crippen LogP contribution in [0.15, 0.2) is 39.0 Å². The number of nitrogens with one attached hydrogen (secondary N) is 1. The van der Waals surface area contributed by atoms with Crippen molar-refractivity contribution in [1.82, 2.24) is 0 Å². The summed E-state index contributed by atoms with van der Waals surface area (Å²) in [6.45, 7) is 1.86. The highest BCUT2D eigenvalue weighted by Gasteiger charge is 2.18. The largest absolute Gasteiger partial charge is 0.481 e. The van der Waals surface area contributed by atoms with Gasteiger partial charge in [-0.05, 0) is 42.8 Å². The summed E-state index contributed by atoms with van der Waals surface area (Å²) in [6, 6.07) is 8.17. The Labute approximate surface area is 134 Å². The molecule has 0 aliphatic heterocycles. The molecule has 21 heavy (non-hydrogen) atoms. The zero-order valence-corrected chi connectivity index (χ0v) is 14.2. The quantitative estimate of drug-likeness (QED) is 0.821. The molecule has 0 saturated heterocycles. The molecule has 112 valence electrons. The van der Waals surface area contributed by atoms with Crippen molar-refractivity contribution >= 4 is 48.9 Å². The number of halogens is 1. The second kappa shape index (κ2) is 6.17. The number of hydrogen-bond acceptors (Lipinski definition) is 4. The average Bonchev–Trinajstić information content (AvgIpc) is 2.74. The van der Waals surface area contributed by atoms with Crippen LogP contribution in [0.25, 0.3) is 0 Å². The molecule has 0 unspecified atom stereocenters. The molecule has 2 rings (SSSR count). The highest BCUT2D eigenvalue weighted by molar-refractivity contribution is 9.10. The first kappa shape index (κ1) is 16.0. The predicted octanol–water partition coefficient (Wildman–Crippen LogP) is 3.25. The number of anilines is 1. The fraction of sp³-hybridized carbons (Fsp3) is 0.154. The molecule has 0 atom stereocenters. The highest BCUT2D eigenvalue weighted by atomic mass is 79.9. The third kappa shape index (κ3) is 4.29. The molecule has 0 bridgehead atoms. The fourth-order valence-electron chi connectivity index (χ4n) is 1.75. The maximum atomic E-state index is 12.3. The minimum atomic E-state index is -3.71. The molecule has 1 heterocycles. The monoisotopic (exact) mass is 389 g/mol. The summed E-state index contributed by atoms with van der Waals surface area (Å²) in [4.78, 5) is 11.1. The molecule has 1 aromatic heterocycles. The van der Waals surface area contributed by atoms with Crippen molar-refractivity contribution in [1.29, 1.82) is 0 Å². The van der Waals surface area contributed by atoms with Gasteiger partial charge in [0.25, 0.3) is 10.0 Å². The van der Waals surface area contributed by atoms with E-state index in [1.54, 1.807) is 12.1 Å². The third-order valence-electron chi connectivity index (χ3n) is 2.52. The molecule has 0 amide bonds. The van der Waals surface area contributed by atoms with Crippen LogP contribution in [-0.2, 0) is 21.2 Å². The number of carboxylic acid groups (broad SMARTS) is 1. The minimum absolute atomic E-state index is 0.0939. The van der Waals surface area contributed by atoms with Gasteiger partial charge in [0.2, 0.25) is 0 Å². The minimum Gasteiger partial charge on any atom is -0.481 e. The first-order valence-corrected chi connectivity index (χ1v) is 8.96. The second-order valence-electron chi connectivity index (χ2n) is 4.41. The van der Waals surface area contributed by atoms with Crippen molar-refractivity contribution in [2.24, 2.45) is 0 Å². The summed E-state index contributed by atoms with van der Waals surface area (Å²) in [7, 11) is -3.71. The Morgan fingerprint density at radius 1 is 1.33 bits per heavy atom.